The maximum absolute atomic E-state index is 6.12. The van der Waals surface area contributed by atoms with E-state index in [0.717, 1.165) is 11.1 Å². The van der Waals surface area contributed by atoms with Crippen LogP contribution in [0.5, 0.6) is 0 Å². The predicted octanol–water partition coefficient (Wildman–Crippen LogP) is 2.70. The molecule has 1 aromatic carbocycles. The van der Waals surface area contributed by atoms with Gasteiger partial charge in [-0.05, 0) is 17.6 Å². The first-order valence-electron chi connectivity index (χ1n) is 5.70. The lowest BCUT2D eigenvalue weighted by atomic mass is 9.96. The Kier molecular flexibility index (Phi) is 5.40. The van der Waals surface area contributed by atoms with Gasteiger partial charge in [-0.2, -0.15) is 0 Å². The van der Waals surface area contributed by atoms with Crippen LogP contribution in [0.2, 0.25) is 0 Å². The van der Waals surface area contributed by atoms with E-state index >= 15 is 0 Å². The van der Waals surface area contributed by atoms with E-state index in [9.17, 15) is 0 Å². The van der Waals surface area contributed by atoms with Gasteiger partial charge >= 0.3 is 0 Å². The summed E-state index contributed by atoms with van der Waals surface area (Å²) in [6, 6.07) is 9.80. The summed E-state index contributed by atoms with van der Waals surface area (Å²) in [4.78, 5) is 0. The van der Waals surface area contributed by atoms with Crippen molar-refractivity contribution in [1.82, 2.24) is 0 Å². The first kappa shape index (κ1) is 13.4. The molecular weight excluding hydrogens is 208 g/mol. The van der Waals surface area contributed by atoms with Crippen LogP contribution in [0.4, 0.5) is 0 Å². The number of allylic oxidation sites excluding steroid dienone is 2. The molecule has 0 saturated carbocycles. The molecule has 0 aliphatic rings. The molecular formula is C15H20N2. The van der Waals surface area contributed by atoms with Gasteiger partial charge in [0, 0.05) is 12.1 Å². The zero-order valence-electron chi connectivity index (χ0n) is 10.0. The highest BCUT2D eigenvalue weighted by Gasteiger charge is 2.12. The third-order valence-electron chi connectivity index (χ3n) is 2.71. The van der Waals surface area contributed by atoms with Crippen LogP contribution in [0.3, 0.4) is 0 Å². The van der Waals surface area contributed by atoms with Crippen LogP contribution in [-0.2, 0) is 0 Å². The van der Waals surface area contributed by atoms with Gasteiger partial charge in [-0.15, -0.1) is 0 Å². The van der Waals surface area contributed by atoms with Crippen molar-refractivity contribution >= 4 is 0 Å². The molecule has 0 spiro atoms. The fourth-order valence-corrected chi connectivity index (χ4v) is 1.73. The molecule has 90 valence electrons. The number of benzene rings is 1. The average Bonchev–Trinajstić information content (AvgIpc) is 2.36. The van der Waals surface area contributed by atoms with E-state index in [1.807, 2.05) is 36.4 Å². The SMILES string of the molecule is C=CC=C(C=C)C(N)CC(N)c1ccccc1. The minimum Gasteiger partial charge on any atom is -0.324 e. The summed E-state index contributed by atoms with van der Waals surface area (Å²) in [5.41, 5.74) is 14.3. The molecule has 2 heteroatoms. The monoisotopic (exact) mass is 228 g/mol. The van der Waals surface area contributed by atoms with Gasteiger partial charge in [0.25, 0.3) is 0 Å². The van der Waals surface area contributed by atoms with E-state index in [0.29, 0.717) is 6.42 Å². The number of nitrogens with two attached hydrogens (primary N) is 2. The maximum atomic E-state index is 6.12. The molecule has 0 aliphatic carbocycles. The Morgan fingerprint density at radius 2 is 1.82 bits per heavy atom. The topological polar surface area (TPSA) is 52.0 Å². The second kappa shape index (κ2) is 6.84. The third-order valence-corrected chi connectivity index (χ3v) is 2.71. The lowest BCUT2D eigenvalue weighted by molar-refractivity contribution is 0.589. The van der Waals surface area contributed by atoms with E-state index in [1.54, 1.807) is 12.2 Å². The molecule has 1 rings (SSSR count). The van der Waals surface area contributed by atoms with Crippen LogP contribution in [0, 0.1) is 0 Å². The Bertz CT molecular complexity index is 393. The maximum Gasteiger partial charge on any atom is 0.0313 e. The van der Waals surface area contributed by atoms with Gasteiger partial charge in [0.15, 0.2) is 0 Å². The molecule has 0 fully saturated rings. The Morgan fingerprint density at radius 3 is 2.35 bits per heavy atom. The standard InChI is InChI=1S/C15H20N2/c1-3-8-12(4-2)14(16)11-15(17)13-9-6-5-7-10-13/h3-10,14-15H,1-2,11,16-17H2. The van der Waals surface area contributed by atoms with Gasteiger partial charge in [-0.3, -0.25) is 0 Å². The lowest BCUT2D eigenvalue weighted by Gasteiger charge is -2.18. The van der Waals surface area contributed by atoms with Crippen LogP contribution in [-0.4, -0.2) is 6.04 Å². The van der Waals surface area contributed by atoms with Crippen LogP contribution in [0.25, 0.3) is 0 Å². The Labute approximate surface area is 103 Å². The van der Waals surface area contributed by atoms with E-state index in [-0.39, 0.29) is 12.1 Å². The second-order valence-corrected chi connectivity index (χ2v) is 3.97. The van der Waals surface area contributed by atoms with Crippen LogP contribution in [0.15, 0.2) is 67.3 Å². The molecule has 0 bridgehead atoms. The van der Waals surface area contributed by atoms with Gasteiger partial charge in [0.05, 0.1) is 0 Å². The normalized spacial score (nSPS) is 15.1. The molecule has 2 atom stereocenters. The fourth-order valence-electron chi connectivity index (χ4n) is 1.73. The molecule has 2 nitrogen and oxygen atoms in total. The van der Waals surface area contributed by atoms with Crippen molar-refractivity contribution in [3.8, 4) is 0 Å². The van der Waals surface area contributed by atoms with Gasteiger partial charge in [-0.1, -0.05) is 61.7 Å². The Balaban J connectivity index is 2.68. The smallest absolute Gasteiger partial charge is 0.0313 e. The highest BCUT2D eigenvalue weighted by Crippen LogP contribution is 2.18. The van der Waals surface area contributed by atoms with Crippen LogP contribution in [0.1, 0.15) is 18.0 Å². The largest absolute Gasteiger partial charge is 0.324 e. The number of rotatable bonds is 6. The van der Waals surface area contributed by atoms with Crippen molar-refractivity contribution in [2.75, 3.05) is 0 Å². The van der Waals surface area contributed by atoms with E-state index < -0.39 is 0 Å². The van der Waals surface area contributed by atoms with Gasteiger partial charge in [0.1, 0.15) is 0 Å². The summed E-state index contributed by atoms with van der Waals surface area (Å²) in [7, 11) is 0. The quantitative estimate of drug-likeness (QED) is 0.735. The minimum atomic E-state index is -0.110. The molecule has 0 heterocycles. The summed E-state index contributed by atoms with van der Waals surface area (Å²) in [6.45, 7) is 7.40. The molecule has 0 aliphatic heterocycles. The average molecular weight is 228 g/mol. The van der Waals surface area contributed by atoms with Gasteiger partial charge < -0.3 is 11.5 Å². The van der Waals surface area contributed by atoms with Crippen LogP contribution < -0.4 is 11.5 Å². The number of hydrogen-bond acceptors (Lipinski definition) is 2. The Hall–Kier alpha value is -1.64. The van der Waals surface area contributed by atoms with E-state index in [1.165, 1.54) is 0 Å². The van der Waals surface area contributed by atoms with Crippen molar-refractivity contribution in [3.63, 3.8) is 0 Å². The van der Waals surface area contributed by atoms with Crippen molar-refractivity contribution in [3.05, 3.63) is 72.9 Å². The zero-order valence-corrected chi connectivity index (χ0v) is 10.0. The van der Waals surface area contributed by atoms with Crippen molar-refractivity contribution in [2.24, 2.45) is 11.5 Å². The molecule has 1 aromatic rings. The molecule has 17 heavy (non-hydrogen) atoms. The zero-order chi connectivity index (χ0) is 12.7. The van der Waals surface area contributed by atoms with Crippen molar-refractivity contribution in [1.29, 1.82) is 0 Å². The summed E-state index contributed by atoms with van der Waals surface area (Å²) in [5, 5.41) is 0. The fraction of sp³-hybridized carbons (Fsp3) is 0.200. The highest BCUT2D eigenvalue weighted by molar-refractivity contribution is 5.27. The molecule has 2 unspecified atom stereocenters. The van der Waals surface area contributed by atoms with E-state index in [2.05, 4.69) is 13.2 Å². The predicted molar refractivity (Wildman–Crippen MR) is 74.4 cm³/mol. The molecule has 0 saturated heterocycles. The first-order valence-corrected chi connectivity index (χ1v) is 5.70. The molecule has 0 radical (unpaired) electrons. The molecule has 0 aromatic heterocycles. The van der Waals surface area contributed by atoms with Crippen LogP contribution >= 0.6 is 0 Å². The first-order chi connectivity index (χ1) is 8.19. The number of hydrogen-bond donors (Lipinski definition) is 2. The minimum absolute atomic E-state index is 0.0561. The summed E-state index contributed by atoms with van der Waals surface area (Å²) >= 11 is 0. The molecule has 4 N–H and O–H groups in total. The second-order valence-electron chi connectivity index (χ2n) is 3.97. The summed E-state index contributed by atoms with van der Waals surface area (Å²) in [6.07, 6.45) is 6.03. The van der Waals surface area contributed by atoms with Crippen molar-refractivity contribution in [2.45, 2.75) is 18.5 Å². The summed E-state index contributed by atoms with van der Waals surface area (Å²) < 4.78 is 0. The third kappa shape index (κ3) is 4.02. The highest BCUT2D eigenvalue weighted by atomic mass is 14.7. The van der Waals surface area contributed by atoms with Crippen molar-refractivity contribution < 1.29 is 0 Å². The van der Waals surface area contributed by atoms with Gasteiger partial charge in [0.2, 0.25) is 0 Å². The summed E-state index contributed by atoms with van der Waals surface area (Å²) in [5.74, 6) is 0. The van der Waals surface area contributed by atoms with E-state index in [4.69, 9.17) is 11.5 Å². The lowest BCUT2D eigenvalue weighted by Crippen LogP contribution is -2.27. The molecule has 0 amide bonds. The Morgan fingerprint density at radius 1 is 1.18 bits per heavy atom. The van der Waals surface area contributed by atoms with Gasteiger partial charge in [-0.25, -0.2) is 0 Å².